The van der Waals surface area contributed by atoms with Crippen LogP contribution in [0.1, 0.15) is 71.6 Å². The van der Waals surface area contributed by atoms with Gasteiger partial charge in [-0.2, -0.15) is 0 Å². The predicted molar refractivity (Wildman–Crippen MR) is 131 cm³/mol. The molecule has 1 aliphatic carbocycles. The second kappa shape index (κ2) is 9.72. The number of likely N-dealkylation sites (N-methyl/N-ethyl adjacent to an activating group) is 1. The van der Waals surface area contributed by atoms with Crippen LogP contribution in [-0.4, -0.2) is 72.1 Å². The van der Waals surface area contributed by atoms with Crippen LogP contribution < -0.4 is 21.4 Å². The van der Waals surface area contributed by atoms with E-state index in [0.29, 0.717) is 30.0 Å². The number of hydrazone groups is 1. The van der Waals surface area contributed by atoms with Gasteiger partial charge >= 0.3 is 0 Å². The zero-order valence-electron chi connectivity index (χ0n) is 20.6. The topological polar surface area (TPSA) is 84.0 Å². The SMILES string of the molecule is CC(C)CCC(CC1=CNC2CCCCC12)NC(=O)C1NN=C(N2CC3CCC(C2)N3C)N1. The molecular formula is C25H43N7O. The minimum Gasteiger partial charge on any atom is -0.388 e. The first-order chi connectivity index (χ1) is 16.0. The van der Waals surface area contributed by atoms with Gasteiger partial charge in [0.2, 0.25) is 5.96 Å². The Balaban J connectivity index is 1.16. The van der Waals surface area contributed by atoms with Gasteiger partial charge in [0, 0.05) is 43.2 Å². The van der Waals surface area contributed by atoms with Crippen molar-refractivity contribution in [1.29, 1.82) is 0 Å². The van der Waals surface area contributed by atoms with Crippen LogP contribution in [0.25, 0.3) is 0 Å². The average molecular weight is 458 g/mol. The summed E-state index contributed by atoms with van der Waals surface area (Å²) < 4.78 is 0. The number of piperazine rings is 1. The number of carbonyl (C=O) groups excluding carboxylic acids is 1. The molecule has 0 aromatic rings. The molecule has 4 N–H and O–H groups in total. The number of nitrogens with zero attached hydrogens (tertiary/aromatic N) is 3. The minimum atomic E-state index is -0.489. The lowest BCUT2D eigenvalue weighted by atomic mass is 9.80. The molecule has 5 rings (SSSR count). The number of nitrogens with one attached hydrogen (secondary N) is 4. The van der Waals surface area contributed by atoms with Crippen LogP contribution in [-0.2, 0) is 4.79 Å². The predicted octanol–water partition coefficient (Wildman–Crippen LogP) is 1.91. The highest BCUT2D eigenvalue weighted by Crippen LogP contribution is 2.36. The molecule has 4 aliphatic heterocycles. The Bertz CT molecular complexity index is 767. The van der Waals surface area contributed by atoms with E-state index in [1.54, 1.807) is 0 Å². The summed E-state index contributed by atoms with van der Waals surface area (Å²) in [5, 5.41) is 14.8. The molecule has 0 radical (unpaired) electrons. The Morgan fingerprint density at radius 2 is 1.91 bits per heavy atom. The van der Waals surface area contributed by atoms with E-state index in [9.17, 15) is 4.79 Å². The van der Waals surface area contributed by atoms with Gasteiger partial charge in [-0.15, -0.1) is 5.10 Å². The van der Waals surface area contributed by atoms with Crippen LogP contribution >= 0.6 is 0 Å². The smallest absolute Gasteiger partial charge is 0.264 e. The van der Waals surface area contributed by atoms with Crippen molar-refractivity contribution >= 4 is 11.9 Å². The standard InChI is InChI=1S/C25H43N7O/c1-16(2)8-9-18(12-17-13-26-22-7-5-4-6-21(17)22)27-24(33)23-28-25(30-29-23)32-14-19-10-11-20(15-32)31(19)3/h13,16,18-23,26,29H,4-12,14-15H2,1-3H3,(H,27,33)(H,28,30). The first kappa shape index (κ1) is 22.8. The lowest BCUT2D eigenvalue weighted by Gasteiger charge is -2.39. The van der Waals surface area contributed by atoms with Crippen LogP contribution in [0.2, 0.25) is 0 Å². The van der Waals surface area contributed by atoms with Crippen LogP contribution in [0.15, 0.2) is 16.9 Å². The number of rotatable bonds is 7. The molecule has 6 unspecified atom stereocenters. The lowest BCUT2D eigenvalue weighted by Crippen LogP contribution is -2.58. The highest BCUT2D eigenvalue weighted by atomic mass is 16.2. The van der Waals surface area contributed by atoms with Crippen molar-refractivity contribution in [1.82, 2.24) is 31.2 Å². The molecule has 33 heavy (non-hydrogen) atoms. The van der Waals surface area contributed by atoms with Crippen molar-refractivity contribution in [3.63, 3.8) is 0 Å². The Hall–Kier alpha value is -1.96. The summed E-state index contributed by atoms with van der Waals surface area (Å²) in [6.07, 6.45) is 12.6. The van der Waals surface area contributed by atoms with Gasteiger partial charge in [0.15, 0.2) is 6.17 Å². The van der Waals surface area contributed by atoms with Crippen LogP contribution in [0.3, 0.4) is 0 Å². The third kappa shape index (κ3) is 4.96. The van der Waals surface area contributed by atoms with E-state index in [1.165, 1.54) is 44.1 Å². The van der Waals surface area contributed by atoms with Crippen molar-refractivity contribution in [2.45, 2.75) is 102 Å². The number of carbonyl (C=O) groups is 1. The third-order valence-electron chi connectivity index (χ3n) is 8.63. The van der Waals surface area contributed by atoms with Crippen molar-refractivity contribution in [2.24, 2.45) is 16.9 Å². The second-order valence-corrected chi connectivity index (χ2v) is 11.4. The van der Waals surface area contributed by atoms with E-state index in [-0.39, 0.29) is 11.9 Å². The Morgan fingerprint density at radius 1 is 1.15 bits per heavy atom. The van der Waals surface area contributed by atoms with Crippen LogP contribution in [0.4, 0.5) is 0 Å². The summed E-state index contributed by atoms with van der Waals surface area (Å²) in [6.45, 7) is 6.48. The number of fused-ring (bicyclic) bond motifs is 3. The van der Waals surface area contributed by atoms with Crippen molar-refractivity contribution in [3.8, 4) is 0 Å². The quantitative estimate of drug-likeness (QED) is 0.468. The number of hydrogen-bond donors (Lipinski definition) is 4. The highest BCUT2D eigenvalue weighted by Gasteiger charge is 2.40. The average Bonchev–Trinajstić information content (AvgIpc) is 3.49. The first-order valence-corrected chi connectivity index (χ1v) is 13.3. The van der Waals surface area contributed by atoms with E-state index >= 15 is 0 Å². The molecule has 8 nitrogen and oxygen atoms in total. The minimum absolute atomic E-state index is 0.00589. The summed E-state index contributed by atoms with van der Waals surface area (Å²) in [6, 6.07) is 1.97. The second-order valence-electron chi connectivity index (χ2n) is 11.4. The maximum atomic E-state index is 13.2. The van der Waals surface area contributed by atoms with Gasteiger partial charge in [0.1, 0.15) is 0 Å². The molecule has 1 amide bonds. The zero-order chi connectivity index (χ0) is 22.9. The van der Waals surface area contributed by atoms with Gasteiger partial charge in [-0.25, -0.2) is 0 Å². The summed E-state index contributed by atoms with van der Waals surface area (Å²) in [5.41, 5.74) is 4.56. The first-order valence-electron chi connectivity index (χ1n) is 13.3. The molecule has 184 valence electrons. The van der Waals surface area contributed by atoms with E-state index < -0.39 is 6.17 Å². The summed E-state index contributed by atoms with van der Waals surface area (Å²) in [5.74, 6) is 2.12. The molecule has 2 saturated heterocycles. The third-order valence-corrected chi connectivity index (χ3v) is 8.63. The van der Waals surface area contributed by atoms with E-state index in [0.717, 1.165) is 38.3 Å². The van der Waals surface area contributed by atoms with Gasteiger partial charge in [0.05, 0.1) is 0 Å². The van der Waals surface area contributed by atoms with E-state index in [2.05, 4.69) is 63.4 Å². The number of likely N-dealkylation sites (tertiary alicyclic amines) is 1. The molecule has 4 heterocycles. The van der Waals surface area contributed by atoms with Crippen molar-refractivity contribution in [2.75, 3.05) is 20.1 Å². The molecule has 8 heteroatoms. The molecular weight excluding hydrogens is 414 g/mol. The van der Waals surface area contributed by atoms with Crippen molar-refractivity contribution < 1.29 is 4.79 Å². The molecule has 0 aromatic heterocycles. The Morgan fingerprint density at radius 3 is 2.67 bits per heavy atom. The number of guanidine groups is 1. The largest absolute Gasteiger partial charge is 0.388 e. The summed E-state index contributed by atoms with van der Waals surface area (Å²) in [7, 11) is 2.24. The normalized spacial score (nSPS) is 34.2. The van der Waals surface area contributed by atoms with Gasteiger partial charge in [0.25, 0.3) is 5.91 Å². The van der Waals surface area contributed by atoms with Gasteiger partial charge < -0.3 is 20.9 Å². The van der Waals surface area contributed by atoms with Gasteiger partial charge in [-0.05, 0) is 69.7 Å². The fourth-order valence-electron chi connectivity index (χ4n) is 6.53. The molecule has 1 saturated carbocycles. The van der Waals surface area contributed by atoms with Crippen molar-refractivity contribution in [3.05, 3.63) is 11.8 Å². The number of hydrogen-bond acceptors (Lipinski definition) is 7. The highest BCUT2D eigenvalue weighted by molar-refractivity contribution is 5.91. The lowest BCUT2D eigenvalue weighted by molar-refractivity contribution is -0.124. The van der Waals surface area contributed by atoms with Crippen LogP contribution in [0.5, 0.6) is 0 Å². The molecule has 3 fully saturated rings. The fraction of sp³-hybridized carbons (Fsp3) is 0.840. The molecule has 2 bridgehead atoms. The number of amides is 1. The molecule has 0 spiro atoms. The summed E-state index contributed by atoms with van der Waals surface area (Å²) >= 11 is 0. The Kier molecular flexibility index (Phi) is 6.72. The maximum absolute atomic E-state index is 13.2. The van der Waals surface area contributed by atoms with E-state index in [1.807, 2.05) is 0 Å². The maximum Gasteiger partial charge on any atom is 0.264 e. The monoisotopic (exact) mass is 457 g/mol. The molecule has 0 aromatic carbocycles. The Labute approximate surface area is 199 Å². The van der Waals surface area contributed by atoms with E-state index in [4.69, 9.17) is 0 Å². The zero-order valence-corrected chi connectivity index (χ0v) is 20.6. The molecule has 5 aliphatic rings. The van der Waals surface area contributed by atoms with Crippen LogP contribution in [0, 0.1) is 11.8 Å². The van der Waals surface area contributed by atoms with Gasteiger partial charge in [-0.3, -0.25) is 15.1 Å². The molecule has 6 atom stereocenters. The van der Waals surface area contributed by atoms with Gasteiger partial charge in [-0.1, -0.05) is 26.7 Å². The fourth-order valence-corrected chi connectivity index (χ4v) is 6.53. The summed E-state index contributed by atoms with van der Waals surface area (Å²) in [4.78, 5) is 18.0.